The first-order valence-electron chi connectivity index (χ1n) is 10.7. The third-order valence-electron chi connectivity index (χ3n) is 5.73. The average Bonchev–Trinajstić information content (AvgIpc) is 3.08. The summed E-state index contributed by atoms with van der Waals surface area (Å²) in [6, 6.07) is 24.9. The van der Waals surface area contributed by atoms with E-state index in [4.69, 9.17) is 5.26 Å². The zero-order chi connectivity index (χ0) is 22.3. The molecule has 1 amide bonds. The van der Waals surface area contributed by atoms with Crippen molar-refractivity contribution in [1.82, 2.24) is 4.90 Å². The Morgan fingerprint density at radius 3 is 2.31 bits per heavy atom. The number of anilines is 2. The molecule has 3 aromatic carbocycles. The second-order valence-corrected chi connectivity index (χ2v) is 7.84. The zero-order valence-electron chi connectivity index (χ0n) is 17.7. The van der Waals surface area contributed by atoms with E-state index in [1.807, 2.05) is 54.6 Å². The van der Waals surface area contributed by atoms with Crippen LogP contribution in [-0.2, 0) is 4.79 Å². The highest BCUT2D eigenvalue weighted by Gasteiger charge is 2.29. The number of carbonyl (C=O) groups is 1. The van der Waals surface area contributed by atoms with Crippen LogP contribution in [0, 0.1) is 17.1 Å². The van der Waals surface area contributed by atoms with Crippen LogP contribution in [0.25, 0.3) is 0 Å². The number of halogens is 1. The summed E-state index contributed by atoms with van der Waals surface area (Å²) >= 11 is 0. The molecule has 1 N–H and O–H groups in total. The molecule has 1 heterocycles. The lowest BCUT2D eigenvalue weighted by Crippen LogP contribution is -2.39. The fourth-order valence-corrected chi connectivity index (χ4v) is 4.11. The van der Waals surface area contributed by atoms with Gasteiger partial charge in [-0.1, -0.05) is 30.3 Å². The van der Waals surface area contributed by atoms with E-state index in [1.54, 1.807) is 12.1 Å². The lowest BCUT2D eigenvalue weighted by Gasteiger charge is -2.30. The Morgan fingerprint density at radius 2 is 1.62 bits per heavy atom. The average molecular weight is 429 g/mol. The highest BCUT2D eigenvalue weighted by atomic mass is 19.1. The van der Waals surface area contributed by atoms with E-state index in [0.717, 1.165) is 43.9 Å². The number of hydrogen-bond acceptors (Lipinski definition) is 4. The van der Waals surface area contributed by atoms with E-state index < -0.39 is 6.04 Å². The molecule has 162 valence electrons. The van der Waals surface area contributed by atoms with Crippen molar-refractivity contribution in [3.05, 3.63) is 95.8 Å². The molecule has 1 fully saturated rings. The maximum Gasteiger partial charge on any atom is 0.246 e. The number of nitrogens with zero attached hydrogens (tertiary/aromatic N) is 3. The van der Waals surface area contributed by atoms with Gasteiger partial charge in [0.15, 0.2) is 0 Å². The predicted octanol–water partition coefficient (Wildman–Crippen LogP) is 4.59. The highest BCUT2D eigenvalue weighted by Crippen LogP contribution is 2.26. The Bertz CT molecular complexity index is 1080. The summed E-state index contributed by atoms with van der Waals surface area (Å²) in [5.74, 6) is -0.465. The van der Waals surface area contributed by atoms with Crippen LogP contribution in [0.2, 0.25) is 0 Å². The van der Waals surface area contributed by atoms with Gasteiger partial charge in [-0.3, -0.25) is 9.69 Å². The van der Waals surface area contributed by atoms with E-state index in [-0.39, 0.29) is 11.7 Å². The van der Waals surface area contributed by atoms with Crippen LogP contribution in [0.4, 0.5) is 15.8 Å². The van der Waals surface area contributed by atoms with E-state index in [0.29, 0.717) is 11.3 Å². The summed E-state index contributed by atoms with van der Waals surface area (Å²) < 4.78 is 13.3. The first kappa shape index (κ1) is 21.5. The van der Waals surface area contributed by atoms with Gasteiger partial charge in [-0.05, 0) is 60.5 Å². The van der Waals surface area contributed by atoms with Gasteiger partial charge in [-0.25, -0.2) is 4.39 Å². The summed E-state index contributed by atoms with van der Waals surface area (Å²) in [6.07, 6.45) is 0.910. The Balaban J connectivity index is 1.52. The number of nitriles is 1. The van der Waals surface area contributed by atoms with E-state index >= 15 is 0 Å². The number of hydrogen-bond donors (Lipinski definition) is 1. The normalized spacial score (nSPS) is 15.4. The molecule has 3 aromatic rings. The van der Waals surface area contributed by atoms with Gasteiger partial charge in [0.05, 0.1) is 11.6 Å². The summed E-state index contributed by atoms with van der Waals surface area (Å²) in [5.41, 5.74) is 3.23. The molecule has 0 radical (unpaired) electrons. The lowest BCUT2D eigenvalue weighted by atomic mass is 10.0. The molecule has 5 nitrogen and oxygen atoms in total. The van der Waals surface area contributed by atoms with Gasteiger partial charge in [0.2, 0.25) is 5.91 Å². The first-order chi connectivity index (χ1) is 15.6. The standard InChI is InChI=1S/C26H25FN4O/c27-22-9-11-23(12-10-22)29-26(32)25(21-5-2-1-3-6-21)31-16-4-15-30(17-18-31)24-13-7-20(19-28)8-14-24/h1-3,5-14,25H,4,15-18H2,(H,29,32). The fourth-order valence-electron chi connectivity index (χ4n) is 4.11. The molecule has 6 heteroatoms. The van der Waals surface area contributed by atoms with Crippen molar-refractivity contribution in [2.75, 3.05) is 36.4 Å². The van der Waals surface area contributed by atoms with Crippen molar-refractivity contribution in [2.24, 2.45) is 0 Å². The molecule has 4 rings (SSSR count). The van der Waals surface area contributed by atoms with Crippen LogP contribution in [0.3, 0.4) is 0 Å². The van der Waals surface area contributed by atoms with Crippen LogP contribution in [0.1, 0.15) is 23.6 Å². The molecule has 0 saturated carbocycles. The molecule has 1 atom stereocenters. The number of rotatable bonds is 5. The lowest BCUT2D eigenvalue weighted by molar-refractivity contribution is -0.121. The zero-order valence-corrected chi connectivity index (χ0v) is 17.7. The minimum atomic E-state index is -0.442. The third kappa shape index (κ3) is 5.13. The highest BCUT2D eigenvalue weighted by molar-refractivity contribution is 5.95. The topological polar surface area (TPSA) is 59.4 Å². The van der Waals surface area contributed by atoms with Crippen molar-refractivity contribution in [3.63, 3.8) is 0 Å². The van der Waals surface area contributed by atoms with Gasteiger partial charge >= 0.3 is 0 Å². The van der Waals surface area contributed by atoms with Crippen molar-refractivity contribution in [3.8, 4) is 6.07 Å². The Hall–Kier alpha value is -3.69. The van der Waals surface area contributed by atoms with Crippen molar-refractivity contribution in [1.29, 1.82) is 5.26 Å². The maximum absolute atomic E-state index is 13.3. The van der Waals surface area contributed by atoms with Crippen molar-refractivity contribution in [2.45, 2.75) is 12.5 Å². The molecular weight excluding hydrogens is 403 g/mol. The smallest absolute Gasteiger partial charge is 0.246 e. The van der Waals surface area contributed by atoms with Crippen LogP contribution >= 0.6 is 0 Å². The number of carbonyl (C=O) groups excluding carboxylic acids is 1. The van der Waals surface area contributed by atoms with Crippen LogP contribution in [0.15, 0.2) is 78.9 Å². The largest absolute Gasteiger partial charge is 0.370 e. The summed E-state index contributed by atoms with van der Waals surface area (Å²) in [5, 5.41) is 12.0. The van der Waals surface area contributed by atoms with E-state index in [1.165, 1.54) is 12.1 Å². The molecule has 1 aliphatic rings. The summed E-state index contributed by atoms with van der Waals surface area (Å²) in [7, 11) is 0. The molecule has 0 aliphatic carbocycles. The second kappa shape index (κ2) is 10.1. The summed E-state index contributed by atoms with van der Waals surface area (Å²) in [6.45, 7) is 3.15. The maximum atomic E-state index is 13.3. The van der Waals surface area contributed by atoms with Crippen molar-refractivity contribution < 1.29 is 9.18 Å². The monoisotopic (exact) mass is 428 g/mol. The number of amides is 1. The van der Waals surface area contributed by atoms with Crippen LogP contribution in [0.5, 0.6) is 0 Å². The fraction of sp³-hybridized carbons (Fsp3) is 0.231. The van der Waals surface area contributed by atoms with Gasteiger partial charge in [-0.15, -0.1) is 0 Å². The molecule has 0 bridgehead atoms. The minimum absolute atomic E-state index is 0.130. The van der Waals surface area contributed by atoms with E-state index in [2.05, 4.69) is 21.2 Å². The molecule has 1 saturated heterocycles. The van der Waals surface area contributed by atoms with Crippen LogP contribution < -0.4 is 10.2 Å². The third-order valence-corrected chi connectivity index (χ3v) is 5.73. The van der Waals surface area contributed by atoms with Gasteiger partial charge in [0.1, 0.15) is 11.9 Å². The van der Waals surface area contributed by atoms with Gasteiger partial charge in [-0.2, -0.15) is 5.26 Å². The predicted molar refractivity (Wildman–Crippen MR) is 124 cm³/mol. The van der Waals surface area contributed by atoms with Gasteiger partial charge in [0.25, 0.3) is 0 Å². The molecule has 32 heavy (non-hydrogen) atoms. The molecule has 0 aromatic heterocycles. The number of benzene rings is 3. The quantitative estimate of drug-likeness (QED) is 0.646. The number of nitrogens with one attached hydrogen (secondary N) is 1. The Labute approximate surface area is 187 Å². The van der Waals surface area contributed by atoms with Gasteiger partial charge in [0, 0.05) is 37.6 Å². The Morgan fingerprint density at radius 1 is 0.906 bits per heavy atom. The second-order valence-electron chi connectivity index (χ2n) is 7.84. The molecule has 1 aliphatic heterocycles. The summed E-state index contributed by atoms with van der Waals surface area (Å²) in [4.78, 5) is 17.8. The van der Waals surface area contributed by atoms with Crippen molar-refractivity contribution >= 4 is 17.3 Å². The van der Waals surface area contributed by atoms with E-state index in [9.17, 15) is 9.18 Å². The Kier molecular flexibility index (Phi) is 6.78. The minimum Gasteiger partial charge on any atom is -0.370 e. The van der Waals surface area contributed by atoms with Gasteiger partial charge < -0.3 is 10.2 Å². The molecule has 1 unspecified atom stereocenters. The SMILES string of the molecule is N#Cc1ccc(N2CCCN(C(C(=O)Nc3ccc(F)cc3)c3ccccc3)CC2)cc1. The molecule has 0 spiro atoms. The van der Waals surface area contributed by atoms with Crippen LogP contribution in [-0.4, -0.2) is 37.0 Å². The first-order valence-corrected chi connectivity index (χ1v) is 10.7. The molecular formula is C26H25FN4O.